The quantitative estimate of drug-likeness (QED) is 0.112. The molecule has 3 rings (SSSR count). The number of hydrogen-bond donors (Lipinski definition) is 2. The van der Waals surface area contributed by atoms with Gasteiger partial charge in [0.2, 0.25) is 12.4 Å². The average molecular weight is 641 g/mol. The van der Waals surface area contributed by atoms with Gasteiger partial charge in [0.15, 0.2) is 41.0 Å². The van der Waals surface area contributed by atoms with Crippen LogP contribution in [0.5, 0.6) is 23.0 Å². The lowest BCUT2D eigenvalue weighted by Gasteiger charge is -2.43. The average Bonchev–Trinajstić information content (AvgIpc) is 2.99. The number of hydrogen-bond acceptors (Lipinski definition) is 13. The molecular weight excluding hydrogens is 604 g/mol. The number of rotatable bonds is 12. The molecule has 0 spiro atoms. The highest BCUT2D eigenvalue weighted by atomic mass is 16.7. The van der Waals surface area contributed by atoms with Crippen LogP contribution in [0.1, 0.15) is 38.8 Å². The molecule has 0 aliphatic carbocycles. The van der Waals surface area contributed by atoms with Gasteiger partial charge in [0.05, 0.1) is 20.3 Å². The van der Waals surface area contributed by atoms with E-state index in [1.807, 2.05) is 0 Å². The molecule has 1 fully saturated rings. The SMILES string of the molecule is COc1cc(/C=C/C(=O)C=C(O)/C=C/c2ccc(O[C@@H]3O[C@H](C)[C@@H](OC(C)=O)[C@H](OC(C)=O)[C@H]3OC(C)=O)c(OC)c2)ccc1O. The topological polar surface area (TPSA) is 173 Å². The van der Waals surface area contributed by atoms with Gasteiger partial charge in [0.1, 0.15) is 5.76 Å². The summed E-state index contributed by atoms with van der Waals surface area (Å²) >= 11 is 0. The number of benzene rings is 2. The number of allylic oxidation sites excluding steroid dienone is 3. The molecule has 1 heterocycles. The Balaban J connectivity index is 1.78. The molecule has 0 amide bonds. The maximum Gasteiger partial charge on any atom is 0.303 e. The Morgan fingerprint density at radius 3 is 1.89 bits per heavy atom. The number of aliphatic hydroxyl groups excluding tert-OH is 1. The molecule has 2 N–H and O–H groups in total. The normalized spacial score (nSPS) is 21.4. The van der Waals surface area contributed by atoms with Gasteiger partial charge in [-0.15, -0.1) is 0 Å². The molecule has 0 saturated carbocycles. The summed E-state index contributed by atoms with van der Waals surface area (Å²) in [6, 6.07) is 9.33. The minimum absolute atomic E-state index is 0.0321. The van der Waals surface area contributed by atoms with Crippen molar-refractivity contribution >= 4 is 35.8 Å². The number of methoxy groups -OCH3 is 2. The van der Waals surface area contributed by atoms with Crippen LogP contribution in [0.4, 0.5) is 0 Å². The zero-order valence-corrected chi connectivity index (χ0v) is 26.1. The van der Waals surface area contributed by atoms with Crippen molar-refractivity contribution in [2.75, 3.05) is 14.2 Å². The van der Waals surface area contributed by atoms with Crippen molar-refractivity contribution in [2.45, 2.75) is 58.4 Å². The Morgan fingerprint density at radius 2 is 1.28 bits per heavy atom. The lowest BCUT2D eigenvalue weighted by Crippen LogP contribution is -2.62. The number of phenols is 1. The summed E-state index contributed by atoms with van der Waals surface area (Å²) in [7, 11) is 2.81. The summed E-state index contributed by atoms with van der Waals surface area (Å²) in [4.78, 5) is 47.9. The van der Waals surface area contributed by atoms with Crippen LogP contribution in [0.25, 0.3) is 12.2 Å². The second-order valence-electron chi connectivity index (χ2n) is 10.0. The van der Waals surface area contributed by atoms with Crippen LogP contribution in [0.2, 0.25) is 0 Å². The number of carbonyl (C=O) groups is 4. The zero-order valence-electron chi connectivity index (χ0n) is 26.1. The van der Waals surface area contributed by atoms with Gasteiger partial charge >= 0.3 is 17.9 Å². The Kier molecular flexibility index (Phi) is 12.3. The van der Waals surface area contributed by atoms with E-state index in [1.165, 1.54) is 57.6 Å². The molecule has 2 aromatic carbocycles. The standard InChI is InChI=1S/C33H36O13/c1-18-30(43-19(2)34)31(44-20(3)35)32(45-21(4)36)33(42-18)46-27-14-10-23(16-29(27)41-6)8-12-25(38)17-24(37)11-7-22-9-13-26(39)28(15-22)40-5/h7-18,30-33,38-39H,1-6H3/b11-7+,12-8+,25-17?/t18-,30-,31+,32-,33+/m1/s1. The van der Waals surface area contributed by atoms with Gasteiger partial charge in [-0.3, -0.25) is 19.2 Å². The van der Waals surface area contributed by atoms with E-state index in [1.54, 1.807) is 31.2 Å². The van der Waals surface area contributed by atoms with E-state index in [0.29, 0.717) is 11.1 Å². The number of esters is 3. The predicted molar refractivity (Wildman–Crippen MR) is 163 cm³/mol. The summed E-state index contributed by atoms with van der Waals surface area (Å²) in [6.07, 6.45) is 0.886. The van der Waals surface area contributed by atoms with Crippen LogP contribution in [0, 0.1) is 0 Å². The molecule has 0 aromatic heterocycles. The molecule has 0 bridgehead atoms. The number of carbonyl (C=O) groups excluding carboxylic acids is 4. The Morgan fingerprint density at radius 1 is 0.739 bits per heavy atom. The van der Waals surface area contributed by atoms with Crippen LogP contribution in [0.15, 0.2) is 60.4 Å². The van der Waals surface area contributed by atoms with Crippen LogP contribution >= 0.6 is 0 Å². The second-order valence-corrected chi connectivity index (χ2v) is 10.0. The van der Waals surface area contributed by atoms with Gasteiger partial charge < -0.3 is 43.4 Å². The van der Waals surface area contributed by atoms with Gasteiger partial charge in [-0.25, -0.2) is 0 Å². The van der Waals surface area contributed by atoms with Crippen LogP contribution in [-0.2, 0) is 38.1 Å². The fraction of sp³-hybridized carbons (Fsp3) is 0.333. The lowest BCUT2D eigenvalue weighted by atomic mass is 9.99. The van der Waals surface area contributed by atoms with Crippen molar-refractivity contribution in [1.29, 1.82) is 0 Å². The summed E-state index contributed by atoms with van der Waals surface area (Å²) in [6.45, 7) is 5.09. The Labute approximate surface area is 265 Å². The number of aromatic hydroxyl groups is 1. The third-order valence-electron chi connectivity index (χ3n) is 6.44. The number of phenolic OH excluding ortho intramolecular Hbond substituents is 1. The molecule has 0 radical (unpaired) electrons. The van der Waals surface area contributed by atoms with Crippen molar-refractivity contribution in [1.82, 2.24) is 0 Å². The maximum absolute atomic E-state index is 12.3. The minimum Gasteiger partial charge on any atom is -0.508 e. The van der Waals surface area contributed by atoms with Gasteiger partial charge in [-0.2, -0.15) is 0 Å². The highest BCUT2D eigenvalue weighted by Crippen LogP contribution is 2.35. The first-order valence-corrected chi connectivity index (χ1v) is 14.0. The van der Waals surface area contributed by atoms with Crippen molar-refractivity contribution in [3.8, 4) is 23.0 Å². The molecule has 46 heavy (non-hydrogen) atoms. The van der Waals surface area contributed by atoms with Crippen molar-refractivity contribution in [2.24, 2.45) is 0 Å². The fourth-order valence-electron chi connectivity index (χ4n) is 4.47. The molecule has 13 nitrogen and oxygen atoms in total. The fourth-order valence-corrected chi connectivity index (χ4v) is 4.47. The molecule has 13 heteroatoms. The monoisotopic (exact) mass is 640 g/mol. The first-order chi connectivity index (χ1) is 21.8. The van der Waals surface area contributed by atoms with Gasteiger partial charge in [0.25, 0.3) is 0 Å². The summed E-state index contributed by atoms with van der Waals surface area (Å²) in [5, 5.41) is 20.0. The zero-order chi connectivity index (χ0) is 34.0. The highest BCUT2D eigenvalue weighted by molar-refractivity contribution is 6.02. The molecule has 1 aliphatic rings. The van der Waals surface area contributed by atoms with Crippen LogP contribution < -0.4 is 14.2 Å². The second kappa shape index (κ2) is 16.1. The molecular formula is C33H36O13. The molecule has 2 aromatic rings. The van der Waals surface area contributed by atoms with E-state index >= 15 is 0 Å². The van der Waals surface area contributed by atoms with E-state index in [4.69, 9.17) is 33.2 Å². The van der Waals surface area contributed by atoms with E-state index in [9.17, 15) is 29.4 Å². The maximum atomic E-state index is 12.3. The summed E-state index contributed by atoms with van der Waals surface area (Å²) in [5.74, 6) is -2.24. The van der Waals surface area contributed by atoms with Crippen molar-refractivity contribution in [3.05, 3.63) is 71.5 Å². The minimum atomic E-state index is -1.31. The predicted octanol–water partition coefficient (Wildman–Crippen LogP) is 4.07. The first kappa shape index (κ1) is 35.2. The highest BCUT2D eigenvalue weighted by Gasteiger charge is 2.51. The van der Waals surface area contributed by atoms with Crippen LogP contribution in [-0.4, -0.2) is 78.8 Å². The summed E-state index contributed by atoms with van der Waals surface area (Å²) in [5.41, 5.74) is 1.17. The lowest BCUT2D eigenvalue weighted by molar-refractivity contribution is -0.280. The third-order valence-corrected chi connectivity index (χ3v) is 6.44. The number of ketones is 1. The van der Waals surface area contributed by atoms with E-state index in [2.05, 4.69) is 0 Å². The number of aliphatic hydroxyl groups is 1. The van der Waals surface area contributed by atoms with E-state index < -0.39 is 54.4 Å². The Hall–Kier alpha value is -5.30. The van der Waals surface area contributed by atoms with Crippen molar-refractivity contribution in [3.63, 3.8) is 0 Å². The number of ether oxygens (including phenoxy) is 7. The van der Waals surface area contributed by atoms with Gasteiger partial charge in [-0.05, 0) is 54.5 Å². The molecule has 1 saturated heterocycles. The van der Waals surface area contributed by atoms with E-state index in [0.717, 1.165) is 19.9 Å². The van der Waals surface area contributed by atoms with Crippen molar-refractivity contribution < 1.29 is 62.5 Å². The third kappa shape index (κ3) is 9.86. The Bertz CT molecular complexity index is 1520. The van der Waals surface area contributed by atoms with Gasteiger partial charge in [0, 0.05) is 26.8 Å². The largest absolute Gasteiger partial charge is 0.508 e. The molecule has 246 valence electrons. The smallest absolute Gasteiger partial charge is 0.303 e. The molecule has 0 unspecified atom stereocenters. The van der Waals surface area contributed by atoms with Crippen LogP contribution in [0.3, 0.4) is 0 Å². The summed E-state index contributed by atoms with van der Waals surface area (Å²) < 4.78 is 38.6. The molecule has 1 aliphatic heterocycles. The first-order valence-electron chi connectivity index (χ1n) is 14.0. The molecule has 5 atom stereocenters. The van der Waals surface area contributed by atoms with E-state index in [-0.39, 0.29) is 28.8 Å². The van der Waals surface area contributed by atoms with Gasteiger partial charge in [-0.1, -0.05) is 24.3 Å².